The van der Waals surface area contributed by atoms with E-state index in [1.165, 1.54) is 28.6 Å². The number of carbonyl (C=O) groups excluding carboxylic acids is 2. The van der Waals surface area contributed by atoms with Crippen LogP contribution >= 0.6 is 0 Å². The number of esters is 1. The molecule has 41 heavy (non-hydrogen) atoms. The van der Waals surface area contributed by atoms with E-state index in [4.69, 9.17) is 13.9 Å². The summed E-state index contributed by atoms with van der Waals surface area (Å²) >= 11 is 0. The number of carbonyl (C=O) groups is 2. The number of nitrogens with one attached hydrogen (secondary N) is 1. The zero-order valence-electron chi connectivity index (χ0n) is 21.8. The summed E-state index contributed by atoms with van der Waals surface area (Å²) in [5, 5.41) is 12.5. The van der Waals surface area contributed by atoms with Gasteiger partial charge in [-0.25, -0.2) is 13.2 Å². The number of sulfonamides is 1. The van der Waals surface area contributed by atoms with Crippen LogP contribution in [0.1, 0.15) is 15.9 Å². The molecule has 208 valence electrons. The lowest BCUT2D eigenvalue weighted by Gasteiger charge is -2.26. The van der Waals surface area contributed by atoms with Crippen LogP contribution < -0.4 is 5.32 Å². The van der Waals surface area contributed by atoms with Crippen LogP contribution in [0.5, 0.6) is 0 Å². The number of rotatable bonds is 8. The Labute approximate surface area is 236 Å². The molecule has 10 nitrogen and oxygen atoms in total. The van der Waals surface area contributed by atoms with Crippen molar-refractivity contribution in [3.63, 3.8) is 0 Å². The average Bonchev–Trinajstić information content (AvgIpc) is 3.39. The van der Waals surface area contributed by atoms with Crippen molar-refractivity contribution >= 4 is 27.8 Å². The fourth-order valence-corrected chi connectivity index (χ4v) is 5.85. The minimum atomic E-state index is -3.82. The molecule has 0 aliphatic carbocycles. The molecule has 0 spiro atoms. The molecule has 1 amide bonds. The predicted octanol–water partition coefficient (Wildman–Crippen LogP) is 4.30. The van der Waals surface area contributed by atoms with Crippen molar-refractivity contribution in [2.75, 3.05) is 38.2 Å². The number of amides is 1. The Balaban J connectivity index is 1.32. The number of hydrogen-bond donors (Lipinski definition) is 1. The minimum absolute atomic E-state index is 0.0272. The normalized spacial score (nSPS) is 13.7. The van der Waals surface area contributed by atoms with Crippen molar-refractivity contribution in [1.29, 1.82) is 5.26 Å². The lowest BCUT2D eigenvalue weighted by atomic mass is 9.98. The quantitative estimate of drug-likeness (QED) is 0.309. The van der Waals surface area contributed by atoms with Crippen LogP contribution in [-0.4, -0.2) is 57.5 Å². The Hall–Kier alpha value is -4.76. The third-order valence-electron chi connectivity index (χ3n) is 6.38. The van der Waals surface area contributed by atoms with E-state index in [1.807, 2.05) is 60.7 Å². The van der Waals surface area contributed by atoms with E-state index >= 15 is 0 Å². The van der Waals surface area contributed by atoms with E-state index in [-0.39, 0.29) is 35.0 Å². The Bertz CT molecular complexity index is 1710. The molecule has 1 N–H and O–H groups in total. The van der Waals surface area contributed by atoms with Gasteiger partial charge in [-0.15, -0.1) is 0 Å². The van der Waals surface area contributed by atoms with Crippen LogP contribution in [0.4, 0.5) is 5.88 Å². The fraction of sp³-hybridized carbons (Fsp3) is 0.167. The van der Waals surface area contributed by atoms with Gasteiger partial charge in [0.25, 0.3) is 5.91 Å². The summed E-state index contributed by atoms with van der Waals surface area (Å²) in [5.41, 5.74) is 2.05. The first-order valence-corrected chi connectivity index (χ1v) is 14.1. The van der Waals surface area contributed by atoms with Gasteiger partial charge in [0, 0.05) is 24.2 Å². The summed E-state index contributed by atoms with van der Waals surface area (Å²) in [5.74, 6) is -1.29. The molecule has 1 saturated heterocycles. The number of hydrogen-bond acceptors (Lipinski definition) is 8. The van der Waals surface area contributed by atoms with E-state index in [1.54, 1.807) is 0 Å². The molecule has 1 aromatic heterocycles. The lowest BCUT2D eigenvalue weighted by Crippen LogP contribution is -2.40. The Kier molecular flexibility index (Phi) is 8.26. The van der Waals surface area contributed by atoms with Crippen molar-refractivity contribution in [2.45, 2.75) is 4.90 Å². The Morgan fingerprint density at radius 3 is 2.24 bits per heavy atom. The molecule has 2 heterocycles. The molecule has 0 bridgehead atoms. The van der Waals surface area contributed by atoms with Crippen molar-refractivity contribution < 1.29 is 31.9 Å². The average molecular weight is 572 g/mol. The van der Waals surface area contributed by atoms with Crippen LogP contribution in [0.25, 0.3) is 22.5 Å². The number of nitrogens with zero attached hydrogens (tertiary/aromatic N) is 2. The molecule has 1 aliphatic heterocycles. The van der Waals surface area contributed by atoms with Crippen LogP contribution in [0.15, 0.2) is 94.2 Å². The lowest BCUT2D eigenvalue weighted by molar-refractivity contribution is -0.119. The number of benzene rings is 3. The van der Waals surface area contributed by atoms with Gasteiger partial charge in [-0.1, -0.05) is 66.7 Å². The summed E-state index contributed by atoms with van der Waals surface area (Å²) in [6.45, 7) is 0.323. The maximum atomic E-state index is 12.9. The Morgan fingerprint density at radius 2 is 1.59 bits per heavy atom. The highest BCUT2D eigenvalue weighted by Crippen LogP contribution is 2.41. The number of furan rings is 1. The van der Waals surface area contributed by atoms with Crippen LogP contribution in [0.3, 0.4) is 0 Å². The summed E-state index contributed by atoms with van der Waals surface area (Å²) in [7, 11) is -3.82. The molecular formula is C30H25N3O7S. The van der Waals surface area contributed by atoms with E-state index in [0.717, 1.165) is 5.56 Å². The first-order valence-electron chi connectivity index (χ1n) is 12.7. The van der Waals surface area contributed by atoms with E-state index in [2.05, 4.69) is 11.4 Å². The first-order chi connectivity index (χ1) is 19.9. The van der Waals surface area contributed by atoms with Gasteiger partial charge in [0.1, 0.15) is 17.4 Å². The van der Waals surface area contributed by atoms with Crippen molar-refractivity contribution in [3.05, 3.63) is 96.1 Å². The van der Waals surface area contributed by atoms with E-state index in [9.17, 15) is 23.3 Å². The molecule has 11 heteroatoms. The maximum absolute atomic E-state index is 12.9. The highest BCUT2D eigenvalue weighted by molar-refractivity contribution is 7.89. The van der Waals surface area contributed by atoms with Crippen molar-refractivity contribution in [2.24, 2.45) is 0 Å². The SMILES string of the molecule is N#Cc1c(NC(=O)COC(=O)c2cccc(S(=O)(=O)N3CCOCC3)c2)oc(-c2ccccc2)c1-c1ccccc1. The van der Waals surface area contributed by atoms with Gasteiger partial charge in [-0.05, 0) is 23.8 Å². The molecule has 1 aliphatic rings. The van der Waals surface area contributed by atoms with Gasteiger partial charge in [0.05, 0.1) is 23.7 Å². The molecule has 1 fully saturated rings. The van der Waals surface area contributed by atoms with Gasteiger partial charge in [0.2, 0.25) is 15.9 Å². The second-order valence-corrected chi connectivity index (χ2v) is 11.0. The Morgan fingerprint density at radius 1 is 0.927 bits per heavy atom. The number of nitriles is 1. The van der Waals surface area contributed by atoms with Gasteiger partial charge < -0.3 is 13.9 Å². The predicted molar refractivity (Wildman–Crippen MR) is 149 cm³/mol. The van der Waals surface area contributed by atoms with E-state index < -0.39 is 28.5 Å². The van der Waals surface area contributed by atoms with Gasteiger partial charge in [-0.3, -0.25) is 10.1 Å². The number of morpholine rings is 1. The van der Waals surface area contributed by atoms with Crippen LogP contribution in [-0.2, 0) is 24.3 Å². The molecule has 5 rings (SSSR count). The molecule has 0 radical (unpaired) electrons. The second-order valence-electron chi connectivity index (χ2n) is 9.02. The molecule has 0 atom stereocenters. The second kappa shape index (κ2) is 12.2. The zero-order valence-corrected chi connectivity index (χ0v) is 22.6. The van der Waals surface area contributed by atoms with Gasteiger partial charge >= 0.3 is 5.97 Å². The molecule has 0 unspecified atom stereocenters. The smallest absolute Gasteiger partial charge is 0.338 e. The van der Waals surface area contributed by atoms with E-state index in [0.29, 0.717) is 30.1 Å². The largest absolute Gasteiger partial charge is 0.452 e. The van der Waals surface area contributed by atoms with Crippen LogP contribution in [0, 0.1) is 11.3 Å². The summed E-state index contributed by atoms with van der Waals surface area (Å²) in [6.07, 6.45) is 0. The maximum Gasteiger partial charge on any atom is 0.338 e. The minimum Gasteiger partial charge on any atom is -0.452 e. The molecule has 4 aromatic rings. The van der Waals surface area contributed by atoms with Crippen molar-refractivity contribution in [3.8, 4) is 28.5 Å². The molecule has 3 aromatic carbocycles. The highest BCUT2D eigenvalue weighted by Gasteiger charge is 2.28. The monoisotopic (exact) mass is 571 g/mol. The zero-order chi connectivity index (χ0) is 28.8. The number of anilines is 1. The fourth-order valence-electron chi connectivity index (χ4n) is 4.40. The van der Waals surface area contributed by atoms with Crippen LogP contribution in [0.2, 0.25) is 0 Å². The highest BCUT2D eigenvalue weighted by atomic mass is 32.2. The van der Waals surface area contributed by atoms with Gasteiger partial charge in [0.15, 0.2) is 6.61 Å². The summed E-state index contributed by atoms with van der Waals surface area (Å²) < 4.78 is 43.5. The van der Waals surface area contributed by atoms with Gasteiger partial charge in [-0.2, -0.15) is 9.57 Å². The third-order valence-corrected chi connectivity index (χ3v) is 8.28. The summed E-state index contributed by atoms with van der Waals surface area (Å²) in [4.78, 5) is 25.4. The van der Waals surface area contributed by atoms with Crippen molar-refractivity contribution in [1.82, 2.24) is 4.31 Å². The first kappa shape index (κ1) is 27.8. The number of ether oxygens (including phenoxy) is 2. The molecule has 0 saturated carbocycles. The standard InChI is InChI=1S/C30H25N3O7S/c31-19-25-27(21-8-3-1-4-9-21)28(22-10-5-2-6-11-22)40-29(25)32-26(34)20-39-30(35)23-12-7-13-24(18-23)41(36,37)33-14-16-38-17-15-33/h1-13,18H,14-17,20H2,(H,32,34). The topological polar surface area (TPSA) is 139 Å². The summed E-state index contributed by atoms with van der Waals surface area (Å²) in [6, 6.07) is 25.9. The third kappa shape index (κ3) is 6.05. The molecular weight excluding hydrogens is 546 g/mol.